The van der Waals surface area contributed by atoms with Crippen LogP contribution in [0.4, 0.5) is 5.82 Å². The van der Waals surface area contributed by atoms with Crippen LogP contribution < -0.4 is 16.0 Å². The molecule has 4 N–H and O–H groups in total. The van der Waals surface area contributed by atoms with Gasteiger partial charge in [0.1, 0.15) is 12.0 Å². The number of aromatic nitrogens is 1. The summed E-state index contributed by atoms with van der Waals surface area (Å²) in [5.74, 6) is 2.03. The largest absolute Gasteiger partial charge is 0.370 e. The van der Waals surface area contributed by atoms with Crippen molar-refractivity contribution in [3.05, 3.63) is 18.3 Å². The molecule has 1 aliphatic heterocycles. The number of guanidine groups is 2. The summed E-state index contributed by atoms with van der Waals surface area (Å²) in [7, 11) is 1.91. The summed E-state index contributed by atoms with van der Waals surface area (Å²) in [6, 6.07) is 3.88. The van der Waals surface area contributed by atoms with Gasteiger partial charge in [-0.3, -0.25) is 5.32 Å². The number of nitrogens with zero attached hydrogens (tertiary/aromatic N) is 3. The highest BCUT2D eigenvalue weighted by atomic mass is 15.4. The van der Waals surface area contributed by atoms with E-state index in [1.54, 1.807) is 0 Å². The van der Waals surface area contributed by atoms with Gasteiger partial charge in [0.15, 0.2) is 5.96 Å². The van der Waals surface area contributed by atoms with Gasteiger partial charge in [0.05, 0.1) is 0 Å². The van der Waals surface area contributed by atoms with Crippen LogP contribution in [0.3, 0.4) is 0 Å². The van der Waals surface area contributed by atoms with Crippen molar-refractivity contribution in [1.29, 1.82) is 0 Å². The van der Waals surface area contributed by atoms with E-state index in [0.717, 1.165) is 5.82 Å². The Morgan fingerprint density at radius 2 is 2.27 bits per heavy atom. The zero-order chi connectivity index (χ0) is 10.8. The lowest BCUT2D eigenvalue weighted by Gasteiger charge is -2.24. The minimum absolute atomic E-state index is 0.140. The molecule has 0 bridgehead atoms. The predicted molar refractivity (Wildman–Crippen MR) is 60.9 cm³/mol. The Labute approximate surface area is 87.9 Å². The molecule has 80 valence electrons. The molecule has 15 heavy (non-hydrogen) atoms. The van der Waals surface area contributed by atoms with Crippen molar-refractivity contribution < 1.29 is 0 Å². The molecule has 1 unspecified atom stereocenters. The maximum absolute atomic E-state index is 5.63. The van der Waals surface area contributed by atoms with Crippen molar-refractivity contribution in [2.24, 2.45) is 15.7 Å². The third kappa shape index (κ3) is 1.93. The molecular formula is C9H14N6. The maximum atomic E-state index is 5.63. The third-order valence-electron chi connectivity index (χ3n) is 2.14. The number of anilines is 1. The van der Waals surface area contributed by atoms with Crippen LogP contribution in [-0.2, 0) is 0 Å². The molecular weight excluding hydrogens is 192 g/mol. The van der Waals surface area contributed by atoms with Gasteiger partial charge >= 0.3 is 0 Å². The van der Waals surface area contributed by atoms with Crippen LogP contribution in [0.1, 0.15) is 6.92 Å². The molecule has 1 aliphatic rings. The van der Waals surface area contributed by atoms with E-state index >= 15 is 0 Å². The van der Waals surface area contributed by atoms with Crippen molar-refractivity contribution in [3.8, 4) is 0 Å². The lowest BCUT2D eigenvalue weighted by Crippen LogP contribution is -2.48. The number of rotatable bonds is 1. The van der Waals surface area contributed by atoms with Crippen molar-refractivity contribution in [2.45, 2.75) is 13.1 Å². The molecule has 0 spiro atoms. The van der Waals surface area contributed by atoms with Crippen LogP contribution in [0.5, 0.6) is 0 Å². The highest BCUT2D eigenvalue weighted by Gasteiger charge is 2.15. The molecule has 1 aromatic rings. The van der Waals surface area contributed by atoms with Gasteiger partial charge in [0.25, 0.3) is 0 Å². The molecule has 0 aromatic carbocycles. The number of H-pyrrole nitrogens is 1. The third-order valence-corrected chi connectivity index (χ3v) is 2.14. The minimum Gasteiger partial charge on any atom is -0.370 e. The van der Waals surface area contributed by atoms with Crippen LogP contribution in [0, 0.1) is 0 Å². The Hall–Kier alpha value is -1.98. The second-order valence-corrected chi connectivity index (χ2v) is 3.34. The second-order valence-electron chi connectivity index (χ2n) is 3.34. The van der Waals surface area contributed by atoms with E-state index in [9.17, 15) is 0 Å². The van der Waals surface area contributed by atoms with E-state index in [2.05, 4.69) is 20.3 Å². The number of aliphatic imine (C=N–C) groups is 2. The average Bonchev–Trinajstić information content (AvgIpc) is 2.67. The lowest BCUT2D eigenvalue weighted by atomic mass is 10.5. The summed E-state index contributed by atoms with van der Waals surface area (Å²) < 4.78 is 0. The molecule has 0 fully saturated rings. The highest BCUT2D eigenvalue weighted by Crippen LogP contribution is 2.09. The fourth-order valence-corrected chi connectivity index (χ4v) is 1.40. The van der Waals surface area contributed by atoms with Gasteiger partial charge in [-0.05, 0) is 19.1 Å². The normalized spacial score (nSPS) is 20.3. The summed E-state index contributed by atoms with van der Waals surface area (Å²) in [5.41, 5.74) is 5.63. The van der Waals surface area contributed by atoms with Crippen molar-refractivity contribution >= 4 is 17.7 Å². The molecule has 0 amide bonds. The lowest BCUT2D eigenvalue weighted by molar-refractivity contribution is 0.759. The molecule has 2 heterocycles. The Morgan fingerprint density at radius 3 is 2.87 bits per heavy atom. The molecule has 0 radical (unpaired) electrons. The number of nitrogens with one attached hydrogen (secondary N) is 2. The summed E-state index contributed by atoms with van der Waals surface area (Å²) in [5, 5.41) is 2.92. The van der Waals surface area contributed by atoms with Crippen molar-refractivity contribution in [2.75, 3.05) is 11.9 Å². The first-order valence-electron chi connectivity index (χ1n) is 4.72. The Balaban J connectivity index is 2.18. The summed E-state index contributed by atoms with van der Waals surface area (Å²) >= 11 is 0. The molecule has 0 saturated carbocycles. The average molecular weight is 206 g/mol. The Morgan fingerprint density at radius 1 is 1.47 bits per heavy atom. The van der Waals surface area contributed by atoms with Gasteiger partial charge in [-0.15, -0.1) is 0 Å². The zero-order valence-electron chi connectivity index (χ0n) is 8.73. The SMILES string of the molecule is CC1N=C(N)NC(N(C)c2ccc[nH]2)=N1. The van der Waals surface area contributed by atoms with Crippen molar-refractivity contribution in [3.63, 3.8) is 0 Å². The van der Waals surface area contributed by atoms with E-state index in [0.29, 0.717) is 11.9 Å². The second kappa shape index (κ2) is 3.64. The van der Waals surface area contributed by atoms with E-state index in [1.165, 1.54) is 0 Å². The van der Waals surface area contributed by atoms with E-state index in [4.69, 9.17) is 5.73 Å². The fourth-order valence-electron chi connectivity index (χ4n) is 1.40. The first-order valence-corrected chi connectivity index (χ1v) is 4.72. The van der Waals surface area contributed by atoms with Gasteiger partial charge in [-0.1, -0.05) is 0 Å². The summed E-state index contributed by atoms with van der Waals surface area (Å²) in [6.45, 7) is 1.89. The molecule has 2 rings (SSSR count). The maximum Gasteiger partial charge on any atom is 0.208 e. The molecule has 0 aliphatic carbocycles. The number of nitrogens with two attached hydrogens (primary N) is 1. The predicted octanol–water partition coefficient (Wildman–Crippen LogP) is 0.0708. The molecule has 0 saturated heterocycles. The number of hydrogen-bond donors (Lipinski definition) is 3. The fraction of sp³-hybridized carbons (Fsp3) is 0.333. The number of aromatic amines is 1. The van der Waals surface area contributed by atoms with Gasteiger partial charge in [-0.2, -0.15) is 0 Å². The minimum atomic E-state index is -0.140. The van der Waals surface area contributed by atoms with Gasteiger partial charge in [0, 0.05) is 13.2 Å². The van der Waals surface area contributed by atoms with E-state index in [-0.39, 0.29) is 6.17 Å². The molecule has 1 aromatic heterocycles. The zero-order valence-corrected chi connectivity index (χ0v) is 8.73. The first-order chi connectivity index (χ1) is 7.16. The van der Waals surface area contributed by atoms with E-state index in [1.807, 2.05) is 37.2 Å². The van der Waals surface area contributed by atoms with Gasteiger partial charge < -0.3 is 15.6 Å². The van der Waals surface area contributed by atoms with Crippen LogP contribution >= 0.6 is 0 Å². The van der Waals surface area contributed by atoms with Gasteiger partial charge in [-0.25, -0.2) is 9.98 Å². The molecule has 6 heteroatoms. The highest BCUT2D eigenvalue weighted by molar-refractivity contribution is 6.06. The van der Waals surface area contributed by atoms with Crippen LogP contribution in [-0.4, -0.2) is 30.1 Å². The number of hydrogen-bond acceptors (Lipinski definition) is 5. The topological polar surface area (TPSA) is 81.8 Å². The summed E-state index contributed by atoms with van der Waals surface area (Å²) in [4.78, 5) is 13.4. The monoisotopic (exact) mass is 206 g/mol. The van der Waals surface area contributed by atoms with Crippen LogP contribution in [0.25, 0.3) is 0 Å². The van der Waals surface area contributed by atoms with Crippen molar-refractivity contribution in [1.82, 2.24) is 10.3 Å². The smallest absolute Gasteiger partial charge is 0.208 e. The standard InChI is InChI=1S/C9H14N6/c1-6-12-8(10)14-9(13-6)15(2)7-4-3-5-11-7/h3-6,11H,1-2H3,(H3,10,12,13,14). The Bertz CT molecular complexity index is 391. The van der Waals surface area contributed by atoms with E-state index < -0.39 is 0 Å². The molecule has 6 nitrogen and oxygen atoms in total. The van der Waals surface area contributed by atoms with Crippen LogP contribution in [0.2, 0.25) is 0 Å². The Kier molecular flexibility index (Phi) is 2.32. The summed E-state index contributed by atoms with van der Waals surface area (Å²) in [6.07, 6.45) is 1.72. The van der Waals surface area contributed by atoms with Crippen LogP contribution in [0.15, 0.2) is 28.3 Å². The molecule has 1 atom stereocenters. The first kappa shape index (κ1) is 9.57. The quantitative estimate of drug-likeness (QED) is 0.608. The van der Waals surface area contributed by atoms with Gasteiger partial charge in [0.2, 0.25) is 5.96 Å².